The molecule has 4 N–H and O–H groups in total. The summed E-state index contributed by atoms with van der Waals surface area (Å²) in [6.45, 7) is 9.75. The molecule has 12 heteroatoms. The average Bonchev–Trinajstić information content (AvgIpc) is 3.56. The zero-order valence-corrected chi connectivity index (χ0v) is 37.9. The number of rotatable bonds is 16. The molecule has 334 valence electrons. The molecule has 0 spiro atoms. The zero-order chi connectivity index (χ0) is 42.1. The lowest BCUT2D eigenvalue weighted by atomic mass is 9.45. The Morgan fingerprint density at radius 3 is 2.28 bits per heavy atom. The van der Waals surface area contributed by atoms with Crippen molar-refractivity contribution in [2.75, 3.05) is 62.1 Å². The number of amides is 2. The van der Waals surface area contributed by atoms with Gasteiger partial charge in [0.2, 0.25) is 11.8 Å². The number of likely N-dealkylation sites (N-methyl/N-ethyl adjacent to an activating group) is 1. The molecule has 0 aromatic rings. The van der Waals surface area contributed by atoms with Gasteiger partial charge < -0.3 is 40.1 Å². The standard InChI is InChI=1S/C46H83N5O7/c1-27-37-22-33(46(37,3)4)23-38(27)48-45(55)42-41(28(2)53)40(26-52)58-51(42)24-30-15-13-16-36(43(30)57-10)31-18-32(21-35(20-31)50(7)8)44(54)47-34(25-49(5)6)19-29-14-11-12-17-39(29)56-9/h27-43,52-53H,11-26H2,1-10H3,(H,47,54)(H,48,55)/t27-,28-,29?,30?,31?,32?,33+,34-,35?,36?,37-,38-,39?,40-,41+,42-,43?/m0/s1. The summed E-state index contributed by atoms with van der Waals surface area (Å²) < 4.78 is 12.4. The van der Waals surface area contributed by atoms with Gasteiger partial charge in [0.05, 0.1) is 24.9 Å². The summed E-state index contributed by atoms with van der Waals surface area (Å²) in [5, 5.41) is 30.3. The Hall–Kier alpha value is -1.38. The third kappa shape index (κ3) is 9.95. The summed E-state index contributed by atoms with van der Waals surface area (Å²) in [6.07, 6.45) is 12.3. The predicted octanol–water partition coefficient (Wildman–Crippen LogP) is 4.57. The number of methoxy groups -OCH3 is 2. The summed E-state index contributed by atoms with van der Waals surface area (Å²) in [6, 6.07) is -0.252. The first-order valence-electron chi connectivity index (χ1n) is 23.3. The first-order valence-corrected chi connectivity index (χ1v) is 23.3. The molecule has 0 radical (unpaired) electrons. The first kappa shape index (κ1) is 46.1. The second-order valence-corrected chi connectivity index (χ2v) is 21.1. The monoisotopic (exact) mass is 818 g/mol. The number of carbonyl (C=O) groups is 2. The minimum Gasteiger partial charge on any atom is -0.394 e. The van der Waals surface area contributed by atoms with E-state index in [-0.39, 0.29) is 60.5 Å². The molecule has 12 nitrogen and oxygen atoms in total. The van der Waals surface area contributed by atoms with Gasteiger partial charge in [-0.3, -0.25) is 14.4 Å². The van der Waals surface area contributed by atoms with E-state index in [0.29, 0.717) is 47.6 Å². The highest BCUT2D eigenvalue weighted by atomic mass is 16.7. The van der Waals surface area contributed by atoms with E-state index in [1.807, 2.05) is 14.2 Å². The Balaban J connectivity index is 1.16. The van der Waals surface area contributed by atoms with E-state index in [1.54, 1.807) is 12.0 Å². The molecule has 58 heavy (non-hydrogen) atoms. The van der Waals surface area contributed by atoms with Gasteiger partial charge in [0.1, 0.15) is 12.1 Å². The molecule has 7 fully saturated rings. The lowest BCUT2D eigenvalue weighted by molar-refractivity contribution is -0.193. The van der Waals surface area contributed by atoms with Crippen LogP contribution in [0.1, 0.15) is 111 Å². The number of hydrogen-bond donors (Lipinski definition) is 4. The number of nitrogens with one attached hydrogen (secondary N) is 2. The van der Waals surface area contributed by atoms with Gasteiger partial charge >= 0.3 is 0 Å². The van der Waals surface area contributed by atoms with Crippen molar-refractivity contribution in [1.82, 2.24) is 25.5 Å². The van der Waals surface area contributed by atoms with Gasteiger partial charge in [-0.1, -0.05) is 40.0 Å². The van der Waals surface area contributed by atoms with Crippen molar-refractivity contribution < 1.29 is 34.1 Å². The summed E-state index contributed by atoms with van der Waals surface area (Å²) >= 11 is 0. The Labute approximate surface area is 351 Å². The maximum absolute atomic E-state index is 14.4. The van der Waals surface area contributed by atoms with E-state index in [1.165, 1.54) is 19.3 Å². The van der Waals surface area contributed by atoms with Crippen LogP contribution in [-0.2, 0) is 23.9 Å². The fourth-order valence-corrected chi connectivity index (χ4v) is 13.5. The van der Waals surface area contributed by atoms with E-state index < -0.39 is 24.2 Å². The van der Waals surface area contributed by atoms with E-state index in [2.05, 4.69) is 69.4 Å². The zero-order valence-electron chi connectivity index (χ0n) is 37.9. The highest BCUT2D eigenvalue weighted by molar-refractivity contribution is 5.83. The van der Waals surface area contributed by atoms with E-state index in [9.17, 15) is 19.8 Å². The van der Waals surface area contributed by atoms with Gasteiger partial charge in [-0.25, -0.2) is 0 Å². The Kier molecular flexibility index (Phi) is 15.7. The van der Waals surface area contributed by atoms with Crippen molar-refractivity contribution >= 4 is 11.8 Å². The van der Waals surface area contributed by atoms with E-state index >= 15 is 0 Å². The lowest BCUT2D eigenvalue weighted by Crippen LogP contribution is -2.62. The van der Waals surface area contributed by atoms with Crippen LogP contribution in [-0.4, -0.2) is 148 Å². The first-order chi connectivity index (χ1) is 27.6. The minimum atomic E-state index is -0.832. The lowest BCUT2D eigenvalue weighted by Gasteiger charge is -2.62. The molecule has 6 saturated carbocycles. The second-order valence-electron chi connectivity index (χ2n) is 21.1. The number of aliphatic hydroxyl groups excluding tert-OH is 2. The number of ether oxygens (including phenoxy) is 2. The van der Waals surface area contributed by atoms with Crippen LogP contribution in [0, 0.1) is 58.7 Å². The molecule has 17 atom stereocenters. The van der Waals surface area contributed by atoms with E-state index in [0.717, 1.165) is 70.8 Å². The topological polar surface area (TPSA) is 136 Å². The quantitative estimate of drug-likeness (QED) is 0.176. The molecule has 7 rings (SSSR count). The van der Waals surface area contributed by atoms with Crippen LogP contribution in [0.4, 0.5) is 0 Å². The van der Waals surface area contributed by atoms with Gasteiger partial charge in [-0.05, 0) is 140 Å². The van der Waals surface area contributed by atoms with Crippen molar-refractivity contribution in [1.29, 1.82) is 0 Å². The normalized spacial score (nSPS) is 41.5. The molecule has 8 unspecified atom stereocenters. The number of aliphatic hydroxyl groups is 2. The fraction of sp³-hybridized carbons (Fsp3) is 0.957. The van der Waals surface area contributed by atoms with Crippen molar-refractivity contribution in [3.05, 3.63) is 0 Å². The highest BCUT2D eigenvalue weighted by Crippen LogP contribution is 2.61. The largest absolute Gasteiger partial charge is 0.394 e. The van der Waals surface area contributed by atoms with Crippen LogP contribution in [0.25, 0.3) is 0 Å². The molecule has 1 heterocycles. The van der Waals surface area contributed by atoms with Gasteiger partial charge in [0, 0.05) is 63.2 Å². The molecule has 6 aliphatic carbocycles. The second kappa shape index (κ2) is 19.8. The summed E-state index contributed by atoms with van der Waals surface area (Å²) in [4.78, 5) is 39.7. The number of nitrogens with zero attached hydrogens (tertiary/aromatic N) is 3. The third-order valence-corrected chi connectivity index (χ3v) is 16.8. The van der Waals surface area contributed by atoms with Crippen LogP contribution in [0.15, 0.2) is 0 Å². The molecule has 0 aromatic heterocycles. The molecule has 7 aliphatic rings. The maximum Gasteiger partial charge on any atom is 0.240 e. The van der Waals surface area contributed by atoms with Crippen molar-refractivity contribution in [3.8, 4) is 0 Å². The van der Waals surface area contributed by atoms with Gasteiger partial charge in [-0.15, -0.1) is 0 Å². The number of fused-ring (bicyclic) bond motifs is 2. The number of carbonyl (C=O) groups excluding carboxylic acids is 2. The number of hydrogen-bond acceptors (Lipinski definition) is 10. The van der Waals surface area contributed by atoms with Crippen LogP contribution in [0.3, 0.4) is 0 Å². The predicted molar refractivity (Wildman–Crippen MR) is 227 cm³/mol. The highest BCUT2D eigenvalue weighted by Gasteiger charge is 2.58. The summed E-state index contributed by atoms with van der Waals surface area (Å²) in [5.74, 6) is 2.14. The molecule has 2 amide bonds. The van der Waals surface area contributed by atoms with Crippen molar-refractivity contribution in [3.63, 3.8) is 0 Å². The Morgan fingerprint density at radius 2 is 1.66 bits per heavy atom. The maximum atomic E-state index is 14.4. The smallest absolute Gasteiger partial charge is 0.240 e. The van der Waals surface area contributed by atoms with Crippen LogP contribution >= 0.6 is 0 Å². The minimum absolute atomic E-state index is 0.0691. The SMILES string of the molecule is COC1CCCCC1C[C@@H](CN(C)C)NC(=O)C1CC(C2CCCC(CN3O[C@@H](CO)[C@@H]([C@H](C)O)[C@H]3C(=O)N[C@H]3C[C@H]4C[C@@H]([C@@H]3C)C4(C)C)C2OC)CC(N(C)C)C1. The number of hydroxylamine groups is 2. The molecular weight excluding hydrogens is 735 g/mol. The van der Waals surface area contributed by atoms with Crippen LogP contribution in [0.5, 0.6) is 0 Å². The third-order valence-electron chi connectivity index (χ3n) is 16.8. The van der Waals surface area contributed by atoms with Crippen molar-refractivity contribution in [2.45, 2.75) is 160 Å². The molecule has 1 saturated heterocycles. The Morgan fingerprint density at radius 1 is 0.931 bits per heavy atom. The van der Waals surface area contributed by atoms with Gasteiger partial charge in [0.25, 0.3) is 0 Å². The van der Waals surface area contributed by atoms with Crippen molar-refractivity contribution in [2.24, 2.45) is 58.7 Å². The summed E-state index contributed by atoms with van der Waals surface area (Å²) in [7, 11) is 12.1. The van der Waals surface area contributed by atoms with Crippen LogP contribution < -0.4 is 10.6 Å². The Bertz CT molecular complexity index is 1350. The summed E-state index contributed by atoms with van der Waals surface area (Å²) in [5.41, 5.74) is 0.311. The molecule has 1 aliphatic heterocycles. The van der Waals surface area contributed by atoms with Gasteiger partial charge in [-0.2, -0.15) is 5.06 Å². The van der Waals surface area contributed by atoms with E-state index in [4.69, 9.17) is 14.3 Å². The molecule has 2 bridgehead atoms. The average molecular weight is 818 g/mol. The molecular formula is C46H83N5O7. The van der Waals surface area contributed by atoms with Crippen LogP contribution in [0.2, 0.25) is 0 Å². The van der Waals surface area contributed by atoms with Gasteiger partial charge in [0.15, 0.2) is 0 Å². The molecule has 0 aromatic carbocycles. The fourth-order valence-electron chi connectivity index (χ4n) is 13.5.